The van der Waals surface area contributed by atoms with Crippen LogP contribution in [-0.4, -0.2) is 23.8 Å². The van der Waals surface area contributed by atoms with Crippen LogP contribution in [0, 0.1) is 0 Å². The van der Waals surface area contributed by atoms with Crippen molar-refractivity contribution in [2.75, 3.05) is 7.11 Å². The summed E-state index contributed by atoms with van der Waals surface area (Å²) >= 11 is 0. The van der Waals surface area contributed by atoms with Crippen LogP contribution in [0.15, 0.2) is 22.7 Å². The van der Waals surface area contributed by atoms with E-state index in [1.165, 1.54) is 32.4 Å². The summed E-state index contributed by atoms with van der Waals surface area (Å²) in [5.74, 6) is -0.551. The van der Waals surface area contributed by atoms with Crippen LogP contribution in [0.2, 0.25) is 0 Å². The highest BCUT2D eigenvalue weighted by Crippen LogP contribution is 2.21. The van der Waals surface area contributed by atoms with Crippen molar-refractivity contribution >= 4 is 22.9 Å². The SMILES string of the molecule is COC(=O)c1ccnc2cc(C(C)=O)oc12. The fourth-order valence-corrected chi connectivity index (χ4v) is 1.38. The number of ether oxygens (including phenoxy) is 1. The van der Waals surface area contributed by atoms with E-state index in [1.807, 2.05) is 0 Å². The molecule has 0 atom stereocenters. The molecule has 2 aromatic rings. The van der Waals surface area contributed by atoms with Crippen LogP contribution in [0.4, 0.5) is 0 Å². The number of aromatic nitrogens is 1. The normalized spacial score (nSPS) is 10.4. The van der Waals surface area contributed by atoms with Crippen molar-refractivity contribution in [3.05, 3.63) is 29.7 Å². The molecule has 0 aliphatic heterocycles. The monoisotopic (exact) mass is 219 g/mol. The van der Waals surface area contributed by atoms with E-state index in [1.54, 1.807) is 0 Å². The van der Waals surface area contributed by atoms with Crippen LogP contribution in [0.1, 0.15) is 27.8 Å². The summed E-state index contributed by atoms with van der Waals surface area (Å²) in [5, 5.41) is 0. The van der Waals surface area contributed by atoms with Crippen LogP contribution >= 0.6 is 0 Å². The van der Waals surface area contributed by atoms with Gasteiger partial charge >= 0.3 is 5.97 Å². The summed E-state index contributed by atoms with van der Waals surface area (Å²) in [6.45, 7) is 1.38. The van der Waals surface area contributed by atoms with E-state index < -0.39 is 5.97 Å². The van der Waals surface area contributed by atoms with Crippen LogP contribution in [0.25, 0.3) is 11.1 Å². The third-order valence-electron chi connectivity index (χ3n) is 2.16. The first-order valence-corrected chi connectivity index (χ1v) is 4.61. The third kappa shape index (κ3) is 1.56. The van der Waals surface area contributed by atoms with Crippen molar-refractivity contribution in [3.63, 3.8) is 0 Å². The fraction of sp³-hybridized carbons (Fsp3) is 0.182. The zero-order valence-corrected chi connectivity index (χ0v) is 8.81. The maximum absolute atomic E-state index is 11.4. The molecule has 0 saturated heterocycles. The maximum Gasteiger partial charge on any atom is 0.341 e. The van der Waals surface area contributed by atoms with E-state index in [0.717, 1.165) is 0 Å². The molecule has 2 aromatic heterocycles. The van der Waals surface area contributed by atoms with Crippen molar-refractivity contribution < 1.29 is 18.7 Å². The third-order valence-corrected chi connectivity index (χ3v) is 2.16. The standard InChI is InChI=1S/C11H9NO4/c1-6(13)9-5-8-10(16-9)7(3-4-12-8)11(14)15-2/h3-5H,1-2H3. The molecule has 0 unspecified atom stereocenters. The van der Waals surface area contributed by atoms with Crippen molar-refractivity contribution in [1.29, 1.82) is 0 Å². The second-order valence-corrected chi connectivity index (χ2v) is 3.23. The van der Waals surface area contributed by atoms with Gasteiger partial charge in [-0.2, -0.15) is 0 Å². The molecule has 0 bridgehead atoms. The molecule has 5 nitrogen and oxygen atoms in total. The van der Waals surface area contributed by atoms with Gasteiger partial charge in [0.05, 0.1) is 7.11 Å². The summed E-state index contributed by atoms with van der Waals surface area (Å²) in [6.07, 6.45) is 1.47. The average Bonchev–Trinajstić information content (AvgIpc) is 2.71. The Balaban J connectivity index is 2.67. The number of esters is 1. The molecule has 0 saturated carbocycles. The van der Waals surface area contributed by atoms with E-state index in [0.29, 0.717) is 5.52 Å². The van der Waals surface area contributed by atoms with Crippen molar-refractivity contribution in [1.82, 2.24) is 4.98 Å². The van der Waals surface area contributed by atoms with Gasteiger partial charge in [-0.05, 0) is 6.07 Å². The Kier molecular flexibility index (Phi) is 2.44. The van der Waals surface area contributed by atoms with Crippen LogP contribution in [0.5, 0.6) is 0 Å². The second-order valence-electron chi connectivity index (χ2n) is 3.23. The second kappa shape index (κ2) is 3.77. The summed E-state index contributed by atoms with van der Waals surface area (Å²) in [6, 6.07) is 2.99. The molecule has 5 heteroatoms. The van der Waals surface area contributed by atoms with Crippen LogP contribution < -0.4 is 0 Å². The van der Waals surface area contributed by atoms with Gasteiger partial charge in [0, 0.05) is 19.2 Å². The Morgan fingerprint density at radius 1 is 1.44 bits per heavy atom. The number of Topliss-reactive ketones (excluding diaryl/α,β-unsaturated/α-hetero) is 1. The van der Waals surface area contributed by atoms with Crippen molar-refractivity contribution in [2.45, 2.75) is 6.92 Å². The Labute approximate surface area is 91.0 Å². The number of carbonyl (C=O) groups is 2. The zero-order chi connectivity index (χ0) is 11.7. The minimum Gasteiger partial charge on any atom is -0.465 e. The Morgan fingerprint density at radius 2 is 2.19 bits per heavy atom. The lowest BCUT2D eigenvalue weighted by Gasteiger charge is -1.98. The van der Waals surface area contributed by atoms with Gasteiger partial charge in [0.2, 0.25) is 0 Å². The van der Waals surface area contributed by atoms with Crippen LogP contribution in [0.3, 0.4) is 0 Å². The summed E-state index contributed by atoms with van der Waals surface area (Å²) in [7, 11) is 1.28. The number of furan rings is 1. The van der Waals surface area contributed by atoms with Gasteiger partial charge in [0.15, 0.2) is 17.1 Å². The number of nitrogens with zero attached hydrogens (tertiary/aromatic N) is 1. The number of fused-ring (bicyclic) bond motifs is 1. The molecule has 0 N–H and O–H groups in total. The quantitative estimate of drug-likeness (QED) is 0.569. The first kappa shape index (κ1) is 10.4. The van der Waals surface area contributed by atoms with Gasteiger partial charge in [-0.15, -0.1) is 0 Å². The van der Waals surface area contributed by atoms with Crippen molar-refractivity contribution in [2.24, 2.45) is 0 Å². The van der Waals surface area contributed by atoms with Crippen LogP contribution in [-0.2, 0) is 4.74 Å². The number of hydrogen-bond donors (Lipinski definition) is 0. The van der Waals surface area contributed by atoms with E-state index in [4.69, 9.17) is 4.42 Å². The Morgan fingerprint density at radius 3 is 2.81 bits per heavy atom. The van der Waals surface area contributed by atoms with Crippen molar-refractivity contribution in [3.8, 4) is 0 Å². The molecule has 0 spiro atoms. The topological polar surface area (TPSA) is 69.4 Å². The molecule has 0 amide bonds. The lowest BCUT2D eigenvalue weighted by molar-refractivity contribution is 0.0601. The molecule has 0 aromatic carbocycles. The first-order chi connectivity index (χ1) is 7.63. The highest BCUT2D eigenvalue weighted by atomic mass is 16.5. The Bertz CT molecular complexity index is 570. The highest BCUT2D eigenvalue weighted by Gasteiger charge is 2.16. The fourth-order valence-electron chi connectivity index (χ4n) is 1.38. The molecule has 0 fully saturated rings. The molecule has 2 rings (SSSR count). The van der Waals surface area contributed by atoms with E-state index in [2.05, 4.69) is 9.72 Å². The lowest BCUT2D eigenvalue weighted by Crippen LogP contribution is -2.01. The average molecular weight is 219 g/mol. The largest absolute Gasteiger partial charge is 0.465 e. The highest BCUT2D eigenvalue weighted by molar-refractivity contribution is 6.03. The summed E-state index contributed by atoms with van der Waals surface area (Å²) in [4.78, 5) is 26.5. The molecule has 2 heterocycles. The minimum absolute atomic E-state index is 0.179. The maximum atomic E-state index is 11.4. The molecule has 0 aliphatic carbocycles. The number of carbonyl (C=O) groups excluding carboxylic acids is 2. The predicted octanol–water partition coefficient (Wildman–Crippen LogP) is 1.82. The number of ketones is 1. The van der Waals surface area contributed by atoms with Gasteiger partial charge in [0.25, 0.3) is 0 Å². The Hall–Kier alpha value is -2.17. The lowest BCUT2D eigenvalue weighted by atomic mass is 10.2. The molecular weight excluding hydrogens is 210 g/mol. The van der Waals surface area contributed by atoms with Gasteiger partial charge in [-0.25, -0.2) is 4.79 Å². The zero-order valence-electron chi connectivity index (χ0n) is 8.81. The van der Waals surface area contributed by atoms with Gasteiger partial charge < -0.3 is 9.15 Å². The molecular formula is C11H9NO4. The van der Waals surface area contributed by atoms with Gasteiger partial charge in [0.1, 0.15) is 11.1 Å². The molecule has 0 radical (unpaired) electrons. The van der Waals surface area contributed by atoms with E-state index in [9.17, 15) is 9.59 Å². The summed E-state index contributed by atoms with van der Waals surface area (Å²) < 4.78 is 9.87. The first-order valence-electron chi connectivity index (χ1n) is 4.61. The minimum atomic E-state index is -0.517. The molecule has 16 heavy (non-hydrogen) atoms. The molecule has 82 valence electrons. The molecule has 0 aliphatic rings. The van der Waals surface area contributed by atoms with Gasteiger partial charge in [-0.3, -0.25) is 9.78 Å². The van der Waals surface area contributed by atoms with E-state index >= 15 is 0 Å². The predicted molar refractivity (Wildman–Crippen MR) is 55.4 cm³/mol. The summed E-state index contributed by atoms with van der Waals surface area (Å²) in [5.41, 5.74) is 1.01. The van der Waals surface area contributed by atoms with E-state index in [-0.39, 0.29) is 22.7 Å². The number of hydrogen-bond acceptors (Lipinski definition) is 5. The van der Waals surface area contributed by atoms with Gasteiger partial charge in [-0.1, -0.05) is 0 Å². The number of rotatable bonds is 2. The number of pyridine rings is 1. The smallest absolute Gasteiger partial charge is 0.341 e. The number of methoxy groups -OCH3 is 1.